The summed E-state index contributed by atoms with van der Waals surface area (Å²) in [4.78, 5) is 25.9. The Labute approximate surface area is 144 Å². The lowest BCUT2D eigenvalue weighted by Crippen LogP contribution is -2.42. The number of rotatable bonds is 5. The Kier molecular flexibility index (Phi) is 5.66. The van der Waals surface area contributed by atoms with E-state index < -0.39 is 0 Å². The van der Waals surface area contributed by atoms with Gasteiger partial charge in [0, 0.05) is 50.5 Å². The zero-order valence-corrected chi connectivity index (χ0v) is 14.8. The maximum Gasteiger partial charge on any atom is 0.225 e. The van der Waals surface area contributed by atoms with Gasteiger partial charge in [-0.2, -0.15) is 0 Å². The molecule has 0 spiro atoms. The average Bonchev–Trinajstić information content (AvgIpc) is 3.13. The molecule has 0 saturated carbocycles. The Bertz CT molecular complexity index is 564. The van der Waals surface area contributed by atoms with Crippen molar-refractivity contribution in [1.29, 1.82) is 0 Å². The molecule has 2 aliphatic heterocycles. The van der Waals surface area contributed by atoms with Gasteiger partial charge in [0.1, 0.15) is 12.4 Å². The first kappa shape index (κ1) is 17.1. The first-order chi connectivity index (χ1) is 11.7. The molecule has 2 aliphatic rings. The number of hydrogen-bond donors (Lipinski definition) is 0. The van der Waals surface area contributed by atoms with E-state index in [1.165, 1.54) is 0 Å². The third-order valence-electron chi connectivity index (χ3n) is 4.91. The van der Waals surface area contributed by atoms with Crippen LogP contribution in [0.1, 0.15) is 44.1 Å². The van der Waals surface area contributed by atoms with Crippen LogP contribution >= 0.6 is 0 Å². The van der Waals surface area contributed by atoms with E-state index in [1.54, 1.807) is 0 Å². The van der Waals surface area contributed by atoms with Gasteiger partial charge in [-0.1, -0.05) is 0 Å². The third-order valence-corrected chi connectivity index (χ3v) is 4.91. The molecular weight excluding hydrogens is 304 g/mol. The molecule has 24 heavy (non-hydrogen) atoms. The number of hydrogen-bond acceptors (Lipinski definition) is 5. The standard InChI is InChI=1S/C18H28N4O2/c1-3-24-13-16-19-14(2)12-17(20-16)21-10-6-15(7-11-21)18(23)22-8-4-5-9-22/h12,15H,3-11,13H2,1-2H3. The number of ether oxygens (including phenoxy) is 1. The maximum atomic E-state index is 12.5. The van der Waals surface area contributed by atoms with Crippen LogP contribution in [0, 0.1) is 12.8 Å². The highest BCUT2D eigenvalue weighted by Gasteiger charge is 2.30. The molecule has 2 fully saturated rings. The molecule has 0 atom stereocenters. The summed E-state index contributed by atoms with van der Waals surface area (Å²) in [6.07, 6.45) is 4.15. The largest absolute Gasteiger partial charge is 0.374 e. The van der Waals surface area contributed by atoms with Gasteiger partial charge in [0.05, 0.1) is 0 Å². The van der Waals surface area contributed by atoms with Crippen LogP contribution < -0.4 is 4.90 Å². The van der Waals surface area contributed by atoms with Gasteiger partial charge in [-0.25, -0.2) is 9.97 Å². The summed E-state index contributed by atoms with van der Waals surface area (Å²) >= 11 is 0. The van der Waals surface area contributed by atoms with Crippen LogP contribution in [0.4, 0.5) is 5.82 Å². The van der Waals surface area contributed by atoms with Crippen LogP contribution in [0.3, 0.4) is 0 Å². The molecule has 2 saturated heterocycles. The van der Waals surface area contributed by atoms with E-state index in [0.29, 0.717) is 19.1 Å². The van der Waals surface area contributed by atoms with Gasteiger partial charge in [-0.05, 0) is 39.5 Å². The molecule has 0 aliphatic carbocycles. The summed E-state index contributed by atoms with van der Waals surface area (Å²) < 4.78 is 5.43. The molecule has 0 bridgehead atoms. The van der Waals surface area contributed by atoms with Crippen molar-refractivity contribution < 1.29 is 9.53 Å². The molecule has 1 aromatic rings. The van der Waals surface area contributed by atoms with E-state index in [-0.39, 0.29) is 5.92 Å². The fraction of sp³-hybridized carbons (Fsp3) is 0.722. The minimum Gasteiger partial charge on any atom is -0.374 e. The molecule has 0 radical (unpaired) electrons. The first-order valence-electron chi connectivity index (χ1n) is 9.13. The highest BCUT2D eigenvalue weighted by atomic mass is 16.5. The van der Waals surface area contributed by atoms with Crippen molar-refractivity contribution in [3.8, 4) is 0 Å². The lowest BCUT2D eigenvalue weighted by molar-refractivity contribution is -0.135. The van der Waals surface area contributed by atoms with Gasteiger partial charge in [0.25, 0.3) is 0 Å². The molecule has 0 N–H and O–H groups in total. The van der Waals surface area contributed by atoms with E-state index in [4.69, 9.17) is 4.74 Å². The van der Waals surface area contributed by atoms with E-state index in [9.17, 15) is 4.79 Å². The smallest absolute Gasteiger partial charge is 0.225 e. The Morgan fingerprint density at radius 3 is 2.58 bits per heavy atom. The zero-order chi connectivity index (χ0) is 16.9. The number of aromatic nitrogens is 2. The average molecular weight is 332 g/mol. The normalized spacial score (nSPS) is 19.1. The Hall–Kier alpha value is -1.69. The fourth-order valence-corrected chi connectivity index (χ4v) is 3.58. The topological polar surface area (TPSA) is 58.6 Å². The molecule has 1 amide bonds. The number of carbonyl (C=O) groups excluding carboxylic acids is 1. The zero-order valence-electron chi connectivity index (χ0n) is 14.8. The van der Waals surface area contributed by atoms with Crippen LogP contribution in [0.2, 0.25) is 0 Å². The van der Waals surface area contributed by atoms with Crippen LogP contribution in [0.15, 0.2) is 6.07 Å². The number of aryl methyl sites for hydroxylation is 1. The predicted octanol–water partition coefficient (Wildman–Crippen LogP) is 2.16. The first-order valence-corrected chi connectivity index (χ1v) is 9.13. The van der Waals surface area contributed by atoms with E-state index in [2.05, 4.69) is 19.8 Å². The summed E-state index contributed by atoms with van der Waals surface area (Å²) in [5.74, 6) is 2.25. The molecule has 3 rings (SSSR count). The molecule has 0 unspecified atom stereocenters. The number of amides is 1. The van der Waals surface area contributed by atoms with Gasteiger partial charge in [0.2, 0.25) is 5.91 Å². The van der Waals surface area contributed by atoms with Gasteiger partial charge < -0.3 is 14.5 Å². The SMILES string of the molecule is CCOCc1nc(C)cc(N2CCC(C(=O)N3CCCC3)CC2)n1. The summed E-state index contributed by atoms with van der Waals surface area (Å²) in [6.45, 7) is 8.74. The summed E-state index contributed by atoms with van der Waals surface area (Å²) in [5.41, 5.74) is 0.963. The second-order valence-corrected chi connectivity index (χ2v) is 6.71. The van der Waals surface area contributed by atoms with Gasteiger partial charge in [-0.3, -0.25) is 4.79 Å². The minimum absolute atomic E-state index is 0.185. The van der Waals surface area contributed by atoms with Crippen LogP contribution in [0.25, 0.3) is 0 Å². The van der Waals surface area contributed by atoms with E-state index in [0.717, 1.165) is 69.2 Å². The number of carbonyl (C=O) groups is 1. The monoisotopic (exact) mass is 332 g/mol. The van der Waals surface area contributed by atoms with Crippen molar-refractivity contribution >= 4 is 11.7 Å². The number of likely N-dealkylation sites (tertiary alicyclic amines) is 1. The molecule has 132 valence electrons. The van der Waals surface area contributed by atoms with Crippen molar-refractivity contribution in [3.63, 3.8) is 0 Å². The molecular formula is C18H28N4O2. The van der Waals surface area contributed by atoms with Gasteiger partial charge in [-0.15, -0.1) is 0 Å². The molecule has 3 heterocycles. The quantitative estimate of drug-likeness (QED) is 0.827. The second-order valence-electron chi connectivity index (χ2n) is 6.71. The minimum atomic E-state index is 0.185. The highest BCUT2D eigenvalue weighted by Crippen LogP contribution is 2.25. The summed E-state index contributed by atoms with van der Waals surface area (Å²) in [5, 5.41) is 0. The van der Waals surface area contributed by atoms with Crippen LogP contribution in [-0.4, -0.2) is 53.6 Å². The van der Waals surface area contributed by atoms with Gasteiger partial charge in [0.15, 0.2) is 5.82 Å². The fourth-order valence-electron chi connectivity index (χ4n) is 3.58. The number of piperidine rings is 1. The highest BCUT2D eigenvalue weighted by molar-refractivity contribution is 5.79. The van der Waals surface area contributed by atoms with E-state index >= 15 is 0 Å². The van der Waals surface area contributed by atoms with Crippen LogP contribution in [0.5, 0.6) is 0 Å². The van der Waals surface area contributed by atoms with Crippen molar-refractivity contribution in [1.82, 2.24) is 14.9 Å². The maximum absolute atomic E-state index is 12.5. The number of anilines is 1. The second kappa shape index (κ2) is 7.92. The van der Waals surface area contributed by atoms with Crippen molar-refractivity contribution in [2.75, 3.05) is 37.7 Å². The molecule has 6 heteroatoms. The molecule has 1 aromatic heterocycles. The Morgan fingerprint density at radius 2 is 1.92 bits per heavy atom. The lowest BCUT2D eigenvalue weighted by atomic mass is 9.95. The number of nitrogens with zero attached hydrogens (tertiary/aromatic N) is 4. The van der Waals surface area contributed by atoms with Crippen molar-refractivity contribution in [3.05, 3.63) is 17.6 Å². The molecule has 0 aromatic carbocycles. The van der Waals surface area contributed by atoms with Crippen molar-refractivity contribution in [2.45, 2.75) is 46.1 Å². The van der Waals surface area contributed by atoms with Gasteiger partial charge >= 0.3 is 0 Å². The van der Waals surface area contributed by atoms with Crippen LogP contribution in [-0.2, 0) is 16.1 Å². The predicted molar refractivity (Wildman–Crippen MR) is 92.9 cm³/mol. The van der Waals surface area contributed by atoms with E-state index in [1.807, 2.05) is 19.9 Å². The Morgan fingerprint density at radius 1 is 1.21 bits per heavy atom. The lowest BCUT2D eigenvalue weighted by Gasteiger charge is -2.34. The summed E-state index contributed by atoms with van der Waals surface area (Å²) in [6, 6.07) is 2.03. The summed E-state index contributed by atoms with van der Waals surface area (Å²) in [7, 11) is 0. The Balaban J connectivity index is 1.59. The third kappa shape index (κ3) is 4.04. The molecule has 6 nitrogen and oxygen atoms in total. The van der Waals surface area contributed by atoms with Crippen molar-refractivity contribution in [2.24, 2.45) is 5.92 Å².